The predicted molar refractivity (Wildman–Crippen MR) is 153 cm³/mol. The average Bonchev–Trinajstić information content (AvgIpc) is 3.46. The fourth-order valence-electron chi connectivity index (χ4n) is 5.11. The van der Waals surface area contributed by atoms with Gasteiger partial charge in [-0.3, -0.25) is 0 Å². The Balaban J connectivity index is 1.23. The van der Waals surface area contributed by atoms with Crippen molar-refractivity contribution in [3.8, 4) is 6.07 Å². The third kappa shape index (κ3) is 6.63. The van der Waals surface area contributed by atoms with Crippen molar-refractivity contribution < 1.29 is 32.8 Å². The Bertz CT molecular complexity index is 1580. The second kappa shape index (κ2) is 12.8. The first-order valence-corrected chi connectivity index (χ1v) is 15.1. The highest BCUT2D eigenvalue weighted by Gasteiger charge is 2.42. The Morgan fingerprint density at radius 2 is 1.93 bits per heavy atom. The fraction of sp³-hybridized carbons (Fsp3) is 0.464. The summed E-state index contributed by atoms with van der Waals surface area (Å²) in [4.78, 5) is 1.82. The van der Waals surface area contributed by atoms with Gasteiger partial charge in [0.2, 0.25) is 0 Å². The Morgan fingerprint density at radius 3 is 2.67 bits per heavy atom. The maximum absolute atomic E-state index is 13.0. The van der Waals surface area contributed by atoms with E-state index in [0.717, 1.165) is 29.5 Å². The van der Waals surface area contributed by atoms with Crippen LogP contribution in [0.1, 0.15) is 18.2 Å². The number of benzene rings is 2. The van der Waals surface area contributed by atoms with E-state index in [4.69, 9.17) is 14.2 Å². The van der Waals surface area contributed by atoms with Gasteiger partial charge in [-0.1, -0.05) is 30.3 Å². The van der Waals surface area contributed by atoms with Crippen molar-refractivity contribution in [1.82, 2.24) is 19.7 Å². The summed E-state index contributed by atoms with van der Waals surface area (Å²) < 4.78 is 46.1. The third-order valence-electron chi connectivity index (χ3n) is 7.56. The van der Waals surface area contributed by atoms with Crippen LogP contribution < -0.4 is 9.62 Å². The molecule has 1 aromatic heterocycles. The molecule has 14 heteroatoms. The summed E-state index contributed by atoms with van der Waals surface area (Å²) in [7, 11) is -2.70. The molecule has 0 saturated carbocycles. The molecule has 0 radical (unpaired) electrons. The van der Waals surface area contributed by atoms with E-state index in [1.54, 1.807) is 19.1 Å². The fourth-order valence-corrected chi connectivity index (χ4v) is 6.02. The van der Waals surface area contributed by atoms with Gasteiger partial charge in [-0.2, -0.15) is 5.26 Å². The van der Waals surface area contributed by atoms with Crippen LogP contribution in [0.4, 0.5) is 5.69 Å². The molecule has 2 aliphatic heterocycles. The van der Waals surface area contributed by atoms with Gasteiger partial charge >= 0.3 is 0 Å². The molecule has 224 valence electrons. The lowest BCUT2D eigenvalue weighted by molar-refractivity contribution is -0.272. The number of nitrogens with one attached hydrogen (secondary N) is 1. The van der Waals surface area contributed by atoms with Gasteiger partial charge in [0.05, 0.1) is 38.1 Å². The molecule has 3 heterocycles. The van der Waals surface area contributed by atoms with E-state index in [9.17, 15) is 23.9 Å². The van der Waals surface area contributed by atoms with E-state index in [2.05, 4.69) is 26.0 Å². The molecule has 0 amide bonds. The number of aliphatic hydroxyl groups excluding tert-OH is 2. The van der Waals surface area contributed by atoms with Crippen LogP contribution in [0.2, 0.25) is 0 Å². The number of ether oxygens (including phenoxy) is 3. The van der Waals surface area contributed by atoms with Crippen molar-refractivity contribution in [2.45, 2.75) is 44.6 Å². The summed E-state index contributed by atoms with van der Waals surface area (Å²) in [6, 6.07) is 13.4. The highest BCUT2D eigenvalue weighted by atomic mass is 32.2. The van der Waals surface area contributed by atoms with Crippen LogP contribution in [-0.2, 0) is 37.3 Å². The van der Waals surface area contributed by atoms with Crippen molar-refractivity contribution in [2.75, 3.05) is 38.3 Å². The van der Waals surface area contributed by atoms with Gasteiger partial charge in [-0.25, -0.2) is 17.8 Å². The predicted octanol–water partition coefficient (Wildman–Crippen LogP) is 0.981. The minimum absolute atomic E-state index is 0.0593. The zero-order chi connectivity index (χ0) is 29.9. The standard InChI is InChI=1S/C28H34N6O7S/c1-18-26(35)27(36)25(41-28(18)39-2)17-34-16-22(31-32-34)15-30-42(37,38)24(14-29)12-19-3-4-21-13-23(6-5-20(21)11-19)33-7-9-40-10-8-33/h3-6,11-13,16,18,25-28,30,35-36H,7-10,15,17H2,1-2H3/b24-12+/t18-,25-,26-,27-,28+/m1/s1. The van der Waals surface area contributed by atoms with E-state index < -0.39 is 45.4 Å². The van der Waals surface area contributed by atoms with Gasteiger partial charge in [0.15, 0.2) is 11.2 Å². The van der Waals surface area contributed by atoms with E-state index in [-0.39, 0.29) is 13.1 Å². The molecular weight excluding hydrogens is 564 g/mol. The number of methoxy groups -OCH3 is 1. The molecule has 3 N–H and O–H groups in total. The summed E-state index contributed by atoms with van der Waals surface area (Å²) >= 11 is 0. The summed E-state index contributed by atoms with van der Waals surface area (Å²) in [5.74, 6) is -0.424. The lowest BCUT2D eigenvalue weighted by atomic mass is 9.92. The highest BCUT2D eigenvalue weighted by Crippen LogP contribution is 2.28. The van der Waals surface area contributed by atoms with Gasteiger partial charge < -0.3 is 29.3 Å². The minimum Gasteiger partial charge on any atom is -0.390 e. The van der Waals surface area contributed by atoms with Crippen molar-refractivity contribution in [3.63, 3.8) is 0 Å². The monoisotopic (exact) mass is 598 g/mol. The Kier molecular flexibility index (Phi) is 9.19. The summed E-state index contributed by atoms with van der Waals surface area (Å²) in [6.45, 7) is 4.61. The van der Waals surface area contributed by atoms with Crippen molar-refractivity contribution >= 4 is 32.6 Å². The van der Waals surface area contributed by atoms with Crippen LogP contribution in [0.25, 0.3) is 16.8 Å². The Morgan fingerprint density at radius 1 is 1.19 bits per heavy atom. The van der Waals surface area contributed by atoms with Gasteiger partial charge in [0, 0.05) is 38.0 Å². The first kappa shape index (κ1) is 30.1. The summed E-state index contributed by atoms with van der Waals surface area (Å²) in [5.41, 5.74) is 1.97. The molecule has 2 fully saturated rings. The summed E-state index contributed by atoms with van der Waals surface area (Å²) in [5, 5.41) is 40.2. The number of fused-ring (bicyclic) bond motifs is 1. The molecular formula is C28H34N6O7S. The van der Waals surface area contributed by atoms with E-state index in [0.29, 0.717) is 24.5 Å². The third-order valence-corrected chi connectivity index (χ3v) is 8.87. The molecule has 13 nitrogen and oxygen atoms in total. The largest absolute Gasteiger partial charge is 0.390 e. The molecule has 42 heavy (non-hydrogen) atoms. The number of sulfonamides is 1. The van der Waals surface area contributed by atoms with Gasteiger partial charge in [-0.15, -0.1) is 5.10 Å². The highest BCUT2D eigenvalue weighted by molar-refractivity contribution is 7.93. The molecule has 3 aromatic rings. The number of hydrogen-bond donors (Lipinski definition) is 3. The molecule has 0 bridgehead atoms. The number of rotatable bonds is 9. The average molecular weight is 599 g/mol. The Labute approximate surface area is 243 Å². The van der Waals surface area contributed by atoms with E-state index >= 15 is 0 Å². The number of aliphatic hydroxyl groups is 2. The van der Waals surface area contributed by atoms with Crippen LogP contribution in [-0.4, -0.2) is 91.6 Å². The Hall–Kier alpha value is -3.42. The first-order valence-electron chi connectivity index (χ1n) is 13.6. The maximum Gasteiger partial charge on any atom is 0.251 e. The van der Waals surface area contributed by atoms with E-state index in [1.807, 2.05) is 24.3 Å². The molecule has 2 aromatic carbocycles. The number of nitriles is 1. The van der Waals surface area contributed by atoms with Crippen molar-refractivity contribution in [1.29, 1.82) is 5.26 Å². The smallest absolute Gasteiger partial charge is 0.251 e. The number of allylic oxidation sites excluding steroid dienone is 1. The second-order valence-electron chi connectivity index (χ2n) is 10.4. The first-order chi connectivity index (χ1) is 20.2. The quantitative estimate of drug-likeness (QED) is 0.300. The van der Waals surface area contributed by atoms with Gasteiger partial charge in [0.1, 0.15) is 18.3 Å². The van der Waals surface area contributed by atoms with Crippen molar-refractivity contribution in [3.05, 3.63) is 58.8 Å². The number of aromatic nitrogens is 3. The van der Waals surface area contributed by atoms with E-state index in [1.165, 1.54) is 24.1 Å². The molecule has 0 unspecified atom stereocenters. The zero-order valence-corrected chi connectivity index (χ0v) is 24.1. The second-order valence-corrected chi connectivity index (χ2v) is 12.1. The number of morpholine rings is 1. The normalized spacial score (nSPS) is 25.5. The number of hydrogen-bond acceptors (Lipinski definition) is 11. The van der Waals surface area contributed by atoms with Crippen LogP contribution in [0.3, 0.4) is 0 Å². The molecule has 2 saturated heterocycles. The topological polar surface area (TPSA) is 172 Å². The molecule has 0 aliphatic carbocycles. The van der Waals surface area contributed by atoms with Crippen molar-refractivity contribution in [2.24, 2.45) is 5.92 Å². The number of anilines is 1. The maximum atomic E-state index is 13.0. The molecule has 5 rings (SSSR count). The zero-order valence-electron chi connectivity index (χ0n) is 23.3. The molecule has 0 spiro atoms. The lowest BCUT2D eigenvalue weighted by Gasteiger charge is -2.40. The van der Waals surface area contributed by atoms with Gasteiger partial charge in [-0.05, 0) is 40.6 Å². The van der Waals surface area contributed by atoms with Crippen LogP contribution in [0.15, 0.2) is 47.5 Å². The lowest BCUT2D eigenvalue weighted by Crippen LogP contribution is -2.55. The number of nitrogens with zero attached hydrogens (tertiary/aromatic N) is 5. The SMILES string of the molecule is CO[C@H]1O[C@H](Cn2cc(CNS(=O)(=O)/C(C#N)=C/c3ccc4cc(N5CCOCC5)ccc4c3)nn2)[C@@H](O)[C@H](O)[C@H]1C. The molecule has 5 atom stereocenters. The summed E-state index contributed by atoms with van der Waals surface area (Å²) in [6.07, 6.45) is -0.898. The minimum atomic E-state index is -4.15. The molecule has 2 aliphatic rings. The van der Waals surface area contributed by atoms with Crippen LogP contribution >= 0.6 is 0 Å². The van der Waals surface area contributed by atoms with Crippen LogP contribution in [0.5, 0.6) is 0 Å². The van der Waals surface area contributed by atoms with Crippen LogP contribution in [0, 0.1) is 17.2 Å². The van der Waals surface area contributed by atoms with Gasteiger partial charge in [0.25, 0.3) is 10.0 Å².